The summed E-state index contributed by atoms with van der Waals surface area (Å²) < 4.78 is 0. The molecule has 0 aromatic heterocycles. The van der Waals surface area contributed by atoms with Crippen LogP contribution in [-0.2, 0) is 9.59 Å². The normalized spacial score (nSPS) is 19.5. The zero-order chi connectivity index (χ0) is 11.5. The van der Waals surface area contributed by atoms with Crippen LogP contribution in [0.25, 0.3) is 10.4 Å². The summed E-state index contributed by atoms with van der Waals surface area (Å²) >= 11 is 0. The van der Waals surface area contributed by atoms with Gasteiger partial charge in [0.15, 0.2) is 0 Å². The van der Waals surface area contributed by atoms with Crippen LogP contribution in [0.3, 0.4) is 0 Å². The van der Waals surface area contributed by atoms with Crippen molar-refractivity contribution < 1.29 is 9.59 Å². The second-order valence-corrected chi connectivity index (χ2v) is 3.96. The zero-order valence-corrected chi connectivity index (χ0v) is 8.69. The predicted molar refractivity (Wildman–Crippen MR) is 54.9 cm³/mol. The Morgan fingerprint density at radius 3 is 2.53 bits per heavy atom. The van der Waals surface area contributed by atoms with E-state index in [1.165, 1.54) is 0 Å². The fourth-order valence-corrected chi connectivity index (χ4v) is 1.82. The minimum Gasteiger partial charge on any atom is -0.299 e. The highest BCUT2D eigenvalue weighted by molar-refractivity contribution is 6.08. The second-order valence-electron chi connectivity index (χ2n) is 3.96. The first-order valence-corrected chi connectivity index (χ1v) is 4.80. The van der Waals surface area contributed by atoms with Crippen LogP contribution >= 0.6 is 0 Å². The molecule has 5 nitrogen and oxygen atoms in total. The van der Waals surface area contributed by atoms with E-state index in [9.17, 15) is 9.59 Å². The van der Waals surface area contributed by atoms with Crippen molar-refractivity contribution in [2.24, 2.45) is 10.5 Å². The molecule has 0 spiro atoms. The van der Waals surface area contributed by atoms with Gasteiger partial charge in [0.25, 0.3) is 0 Å². The minimum absolute atomic E-state index is 0.0759. The number of hydrogen-bond donors (Lipinski definition) is 0. The van der Waals surface area contributed by atoms with Gasteiger partial charge >= 0.3 is 0 Å². The minimum atomic E-state index is -1.02. The molecule has 1 fully saturated rings. The lowest BCUT2D eigenvalue weighted by molar-refractivity contribution is -0.142. The van der Waals surface area contributed by atoms with E-state index in [1.54, 1.807) is 6.92 Å². The first-order chi connectivity index (χ1) is 7.00. The number of Topliss-reactive ketones (excluding diaryl/α,β-unsaturated/α-hetero) is 2. The monoisotopic (exact) mass is 207 g/mol. The molecule has 0 saturated heterocycles. The van der Waals surface area contributed by atoms with E-state index >= 15 is 0 Å². The molecule has 0 N–H and O–H groups in total. The summed E-state index contributed by atoms with van der Waals surface area (Å²) in [6, 6.07) is 0. The molecule has 0 atom stereocenters. The summed E-state index contributed by atoms with van der Waals surface area (Å²) in [7, 11) is 0. The maximum absolute atomic E-state index is 11.7. The van der Waals surface area contributed by atoms with Gasteiger partial charge in [0.05, 0.1) is 5.41 Å². The van der Waals surface area contributed by atoms with Crippen molar-refractivity contribution >= 4 is 11.6 Å². The van der Waals surface area contributed by atoms with Gasteiger partial charge in [-0.2, -0.15) is 0 Å². The molecule has 5 heteroatoms. The number of rotatable bonds is 3. The Kier molecular flexibility index (Phi) is 3.27. The fraction of sp³-hybridized carbons (Fsp3) is 0.600. The lowest BCUT2D eigenvalue weighted by Crippen LogP contribution is -2.40. The van der Waals surface area contributed by atoms with Gasteiger partial charge in [-0.1, -0.05) is 11.7 Å². The van der Waals surface area contributed by atoms with Crippen LogP contribution in [0.1, 0.15) is 32.6 Å². The van der Waals surface area contributed by atoms with Gasteiger partial charge < -0.3 is 0 Å². The molecule has 0 radical (unpaired) electrons. The average molecular weight is 207 g/mol. The predicted octanol–water partition coefficient (Wildman–Crippen LogP) is 2.53. The van der Waals surface area contributed by atoms with Crippen molar-refractivity contribution in [1.82, 2.24) is 0 Å². The van der Waals surface area contributed by atoms with Gasteiger partial charge in [0.1, 0.15) is 11.6 Å². The molecular formula is C10H13N3O2. The molecule has 0 aromatic rings. The van der Waals surface area contributed by atoms with Crippen LogP contribution in [0.15, 0.2) is 17.4 Å². The quantitative estimate of drug-likeness (QED) is 0.308. The standard InChI is InChI=1S/C10H13N3O2/c1-7(12-13-11)6-10(2)8(14)4-3-5-9(10)15/h1,3-6H2,2H3. The van der Waals surface area contributed by atoms with Gasteiger partial charge in [0, 0.05) is 23.5 Å². The first-order valence-electron chi connectivity index (χ1n) is 4.80. The Bertz CT molecular complexity index is 351. The Labute approximate surface area is 87.8 Å². The largest absolute Gasteiger partial charge is 0.299 e. The van der Waals surface area contributed by atoms with Crippen LogP contribution in [0.4, 0.5) is 0 Å². The SMILES string of the molecule is C=C(CC1(C)C(=O)CCCC1=O)N=[N+]=[N-]. The third-order valence-electron chi connectivity index (χ3n) is 2.78. The van der Waals surface area contributed by atoms with Gasteiger partial charge in [-0.05, 0) is 25.3 Å². The molecule has 0 bridgehead atoms. The summed E-state index contributed by atoms with van der Waals surface area (Å²) in [6.07, 6.45) is 1.60. The second kappa shape index (κ2) is 4.28. The van der Waals surface area contributed by atoms with E-state index < -0.39 is 5.41 Å². The molecule has 0 aliphatic heterocycles. The van der Waals surface area contributed by atoms with Crippen LogP contribution in [0.2, 0.25) is 0 Å². The molecule has 0 aromatic carbocycles. The van der Waals surface area contributed by atoms with Crippen molar-refractivity contribution in [3.05, 3.63) is 22.7 Å². The summed E-state index contributed by atoms with van der Waals surface area (Å²) in [6.45, 7) is 5.13. The number of hydrogen-bond acceptors (Lipinski definition) is 3. The van der Waals surface area contributed by atoms with E-state index in [4.69, 9.17) is 5.53 Å². The van der Waals surface area contributed by atoms with Crippen molar-refractivity contribution in [2.45, 2.75) is 32.6 Å². The number of azide groups is 1. The van der Waals surface area contributed by atoms with E-state index in [2.05, 4.69) is 16.6 Å². The van der Waals surface area contributed by atoms with E-state index in [0.717, 1.165) is 0 Å². The number of carbonyl (C=O) groups excluding carboxylic acids is 2. The molecule has 1 saturated carbocycles. The summed E-state index contributed by atoms with van der Waals surface area (Å²) in [5.74, 6) is -0.152. The Balaban J connectivity index is 2.87. The highest BCUT2D eigenvalue weighted by Crippen LogP contribution is 2.35. The Morgan fingerprint density at radius 1 is 1.53 bits per heavy atom. The number of nitrogens with zero attached hydrogens (tertiary/aromatic N) is 3. The van der Waals surface area contributed by atoms with E-state index in [1.807, 2.05) is 0 Å². The van der Waals surface area contributed by atoms with Crippen molar-refractivity contribution in [1.29, 1.82) is 0 Å². The van der Waals surface area contributed by atoms with Gasteiger partial charge in [-0.3, -0.25) is 9.59 Å². The number of carbonyl (C=O) groups is 2. The molecule has 0 amide bonds. The third-order valence-corrected chi connectivity index (χ3v) is 2.78. The Morgan fingerprint density at radius 2 is 2.07 bits per heavy atom. The van der Waals surface area contributed by atoms with E-state index in [-0.39, 0.29) is 23.7 Å². The zero-order valence-electron chi connectivity index (χ0n) is 8.69. The maximum Gasteiger partial charge on any atom is 0.146 e. The maximum atomic E-state index is 11.7. The fourth-order valence-electron chi connectivity index (χ4n) is 1.82. The topological polar surface area (TPSA) is 82.9 Å². The molecule has 0 heterocycles. The molecule has 15 heavy (non-hydrogen) atoms. The summed E-state index contributed by atoms with van der Waals surface area (Å²) in [4.78, 5) is 25.9. The highest BCUT2D eigenvalue weighted by atomic mass is 16.2. The van der Waals surface area contributed by atoms with Gasteiger partial charge in [-0.15, -0.1) is 0 Å². The average Bonchev–Trinajstić information content (AvgIpc) is 2.15. The summed E-state index contributed by atoms with van der Waals surface area (Å²) in [5, 5.41) is 3.31. The van der Waals surface area contributed by atoms with Crippen molar-refractivity contribution in [3.8, 4) is 0 Å². The van der Waals surface area contributed by atoms with Gasteiger partial charge in [0.2, 0.25) is 0 Å². The summed E-state index contributed by atoms with van der Waals surface area (Å²) in [5.41, 5.74) is 7.42. The van der Waals surface area contributed by atoms with Crippen molar-refractivity contribution in [2.75, 3.05) is 0 Å². The van der Waals surface area contributed by atoms with Gasteiger partial charge in [-0.25, -0.2) is 0 Å². The smallest absolute Gasteiger partial charge is 0.146 e. The third kappa shape index (κ3) is 2.25. The lowest BCUT2D eigenvalue weighted by Gasteiger charge is -2.30. The van der Waals surface area contributed by atoms with Crippen LogP contribution < -0.4 is 0 Å². The molecule has 0 unspecified atom stereocenters. The van der Waals surface area contributed by atoms with E-state index in [0.29, 0.717) is 19.3 Å². The molecular weight excluding hydrogens is 194 g/mol. The molecule has 1 aliphatic carbocycles. The molecule has 1 aliphatic rings. The molecule has 1 rings (SSSR count). The number of allylic oxidation sites excluding steroid dienone is 1. The molecule has 80 valence electrons. The van der Waals surface area contributed by atoms with Crippen LogP contribution in [-0.4, -0.2) is 11.6 Å². The van der Waals surface area contributed by atoms with Crippen LogP contribution in [0.5, 0.6) is 0 Å². The van der Waals surface area contributed by atoms with Crippen molar-refractivity contribution in [3.63, 3.8) is 0 Å². The highest BCUT2D eigenvalue weighted by Gasteiger charge is 2.42. The number of ketones is 2. The lowest BCUT2D eigenvalue weighted by atomic mass is 9.71. The van der Waals surface area contributed by atoms with Crippen LogP contribution in [0, 0.1) is 5.41 Å². The Hall–Kier alpha value is -1.61. The first kappa shape index (κ1) is 11.5.